The Balaban J connectivity index is 1.16. The van der Waals surface area contributed by atoms with E-state index in [-0.39, 0.29) is 29.4 Å². The minimum atomic E-state index is -0.156. The van der Waals surface area contributed by atoms with Crippen molar-refractivity contribution in [2.75, 3.05) is 13.2 Å². The molecule has 6 atom stereocenters. The van der Waals surface area contributed by atoms with Gasteiger partial charge >= 0.3 is 0 Å². The zero-order valence-corrected chi connectivity index (χ0v) is 20.0. The number of rotatable bonds is 6. The van der Waals surface area contributed by atoms with Gasteiger partial charge in [-0.05, 0) is 86.0 Å². The molecule has 0 bridgehead atoms. The van der Waals surface area contributed by atoms with Crippen LogP contribution >= 0.6 is 0 Å². The number of carbonyl (C=O) groups excluding carboxylic acids is 1. The summed E-state index contributed by atoms with van der Waals surface area (Å²) in [6.45, 7) is 5.30. The minimum Gasteiger partial charge on any atom is -0.393 e. The van der Waals surface area contributed by atoms with Gasteiger partial charge in [0.25, 0.3) is 5.91 Å². The lowest BCUT2D eigenvalue weighted by atomic mass is 9.47. The van der Waals surface area contributed by atoms with Crippen LogP contribution in [0.3, 0.4) is 0 Å². The number of amides is 1. The molecular weight excluding hydrogens is 416 g/mol. The number of carbonyl (C=O) groups is 1. The number of H-pyrrole nitrogens is 1. The second-order valence-corrected chi connectivity index (χ2v) is 11.2. The summed E-state index contributed by atoms with van der Waals surface area (Å²) >= 11 is 0. The number of aliphatic hydroxyl groups is 1. The Morgan fingerprint density at radius 2 is 2.12 bits per heavy atom. The van der Waals surface area contributed by atoms with E-state index in [0.29, 0.717) is 24.8 Å². The third-order valence-corrected chi connectivity index (χ3v) is 9.58. The first kappa shape index (κ1) is 22.6. The standard InChI is InChI=1S/C26H38N4O3/c1-25-10-7-18(30-33-15-24(32)28-12-9-19-14-27-16-29-19)13-17(25)3-4-20-21-5-6-23(31)26(21,2)11-8-22(20)25/h13-14,16,20-23,31H,3-12,15H2,1-2H3,(H,27,29)(H,28,32)/b30-18+/t20-,21+,22-,23+,25+,26+/m1/s1. The van der Waals surface area contributed by atoms with Crippen molar-refractivity contribution in [2.45, 2.75) is 77.7 Å². The molecule has 3 fully saturated rings. The summed E-state index contributed by atoms with van der Waals surface area (Å²) in [5.41, 5.74) is 3.84. The summed E-state index contributed by atoms with van der Waals surface area (Å²) in [6, 6.07) is 0. The van der Waals surface area contributed by atoms with E-state index in [1.165, 1.54) is 24.8 Å². The van der Waals surface area contributed by atoms with E-state index < -0.39 is 0 Å². The van der Waals surface area contributed by atoms with Crippen molar-refractivity contribution < 1.29 is 14.7 Å². The zero-order valence-electron chi connectivity index (χ0n) is 20.0. The average molecular weight is 455 g/mol. The number of aromatic amines is 1. The molecule has 7 nitrogen and oxygen atoms in total. The fraction of sp³-hybridized carbons (Fsp3) is 0.731. The van der Waals surface area contributed by atoms with Gasteiger partial charge in [0.1, 0.15) is 0 Å². The van der Waals surface area contributed by atoms with Crippen molar-refractivity contribution in [1.29, 1.82) is 0 Å². The van der Waals surface area contributed by atoms with E-state index >= 15 is 0 Å². The molecule has 4 aliphatic rings. The van der Waals surface area contributed by atoms with E-state index in [9.17, 15) is 9.90 Å². The number of aliphatic hydroxyl groups excluding tert-OH is 1. The first-order chi connectivity index (χ1) is 15.9. The Labute approximate surface area is 196 Å². The van der Waals surface area contributed by atoms with Gasteiger partial charge in [0, 0.05) is 24.9 Å². The maximum atomic E-state index is 12.0. The Morgan fingerprint density at radius 3 is 2.94 bits per heavy atom. The summed E-state index contributed by atoms with van der Waals surface area (Å²) in [5, 5.41) is 17.8. The van der Waals surface area contributed by atoms with E-state index in [2.05, 4.69) is 40.4 Å². The van der Waals surface area contributed by atoms with Crippen molar-refractivity contribution in [1.82, 2.24) is 15.3 Å². The molecule has 5 rings (SSSR count). The van der Waals surface area contributed by atoms with Crippen molar-refractivity contribution in [2.24, 2.45) is 33.7 Å². The summed E-state index contributed by atoms with van der Waals surface area (Å²) in [6.07, 6.45) is 15.2. The first-order valence-corrected chi connectivity index (χ1v) is 12.7. The number of aromatic nitrogens is 2. The Kier molecular flexibility index (Phi) is 6.10. The maximum absolute atomic E-state index is 12.0. The number of hydrogen-bond donors (Lipinski definition) is 3. The van der Waals surface area contributed by atoms with Crippen LogP contribution in [-0.2, 0) is 16.1 Å². The topological polar surface area (TPSA) is 99.6 Å². The Bertz CT molecular complexity index is 926. The molecule has 3 saturated carbocycles. The van der Waals surface area contributed by atoms with Gasteiger partial charge in [-0.25, -0.2) is 4.98 Å². The van der Waals surface area contributed by atoms with Gasteiger partial charge in [0.2, 0.25) is 0 Å². The van der Waals surface area contributed by atoms with E-state index in [4.69, 9.17) is 4.84 Å². The highest BCUT2D eigenvalue weighted by molar-refractivity contribution is 5.96. The molecule has 0 unspecified atom stereocenters. The molecule has 4 aliphatic carbocycles. The molecule has 0 radical (unpaired) electrons. The van der Waals surface area contributed by atoms with Crippen LogP contribution in [0.1, 0.15) is 70.9 Å². The SMILES string of the molecule is C[C@]12CC[C@@H]3[C@H](CCC4=C/C(=N/OCC(=O)NCCc5cnc[nH]5)CC[C@@]43C)[C@@H]1CC[C@@H]2O. The number of nitrogens with zero attached hydrogens (tertiary/aromatic N) is 2. The smallest absolute Gasteiger partial charge is 0.260 e. The third kappa shape index (κ3) is 4.13. The van der Waals surface area contributed by atoms with Gasteiger partial charge in [0.05, 0.1) is 18.1 Å². The zero-order chi connectivity index (χ0) is 23.1. The number of hydrogen-bond acceptors (Lipinski definition) is 5. The highest BCUT2D eigenvalue weighted by Gasteiger charge is 2.58. The van der Waals surface area contributed by atoms with Crippen LogP contribution < -0.4 is 5.32 Å². The highest BCUT2D eigenvalue weighted by atomic mass is 16.6. The normalized spacial score (nSPS) is 38.8. The molecule has 3 N–H and O–H groups in total. The molecule has 7 heteroatoms. The predicted octanol–water partition coefficient (Wildman–Crippen LogP) is 3.76. The monoisotopic (exact) mass is 454 g/mol. The van der Waals surface area contributed by atoms with Crippen molar-refractivity contribution >= 4 is 11.6 Å². The van der Waals surface area contributed by atoms with Crippen LogP contribution in [0.2, 0.25) is 0 Å². The van der Waals surface area contributed by atoms with Crippen molar-refractivity contribution in [3.63, 3.8) is 0 Å². The number of nitrogens with one attached hydrogen (secondary N) is 2. The summed E-state index contributed by atoms with van der Waals surface area (Å²) < 4.78 is 0. The molecule has 180 valence electrons. The predicted molar refractivity (Wildman–Crippen MR) is 126 cm³/mol. The quantitative estimate of drug-likeness (QED) is 0.570. The second-order valence-electron chi connectivity index (χ2n) is 11.2. The van der Waals surface area contributed by atoms with E-state index in [1.54, 1.807) is 12.5 Å². The van der Waals surface area contributed by atoms with Gasteiger partial charge in [0.15, 0.2) is 6.61 Å². The maximum Gasteiger partial charge on any atom is 0.260 e. The van der Waals surface area contributed by atoms with Crippen molar-refractivity contribution in [3.05, 3.63) is 29.9 Å². The van der Waals surface area contributed by atoms with Gasteiger partial charge in [-0.15, -0.1) is 0 Å². The van der Waals surface area contributed by atoms with Gasteiger partial charge in [-0.1, -0.05) is 24.6 Å². The lowest BCUT2D eigenvalue weighted by molar-refractivity contribution is -0.125. The summed E-state index contributed by atoms with van der Waals surface area (Å²) in [7, 11) is 0. The Hall–Kier alpha value is -2.15. The number of fused-ring (bicyclic) bond motifs is 5. The molecule has 0 spiro atoms. The molecule has 33 heavy (non-hydrogen) atoms. The molecule has 1 amide bonds. The molecule has 1 aromatic rings. The van der Waals surface area contributed by atoms with Gasteiger partial charge < -0.3 is 20.2 Å². The highest BCUT2D eigenvalue weighted by Crippen LogP contribution is 2.65. The van der Waals surface area contributed by atoms with E-state index in [1.807, 2.05) is 0 Å². The molecule has 0 saturated heterocycles. The largest absolute Gasteiger partial charge is 0.393 e. The number of oxime groups is 1. The summed E-state index contributed by atoms with van der Waals surface area (Å²) in [5.74, 6) is 1.97. The molecule has 1 aromatic heterocycles. The lowest BCUT2D eigenvalue weighted by Crippen LogP contribution is -2.51. The average Bonchev–Trinajstić information content (AvgIpc) is 3.42. The summed E-state index contributed by atoms with van der Waals surface area (Å²) in [4.78, 5) is 24.4. The van der Waals surface area contributed by atoms with E-state index in [0.717, 1.165) is 49.4 Å². The van der Waals surface area contributed by atoms with Crippen LogP contribution in [0, 0.1) is 28.6 Å². The molecule has 0 aromatic carbocycles. The fourth-order valence-corrected chi connectivity index (χ4v) is 7.60. The molecule has 0 aliphatic heterocycles. The van der Waals surface area contributed by atoms with Gasteiger partial charge in [-0.3, -0.25) is 4.79 Å². The molecular formula is C26H38N4O3. The third-order valence-electron chi connectivity index (χ3n) is 9.58. The number of allylic oxidation sites excluding steroid dienone is 2. The van der Waals surface area contributed by atoms with Crippen LogP contribution in [-0.4, -0.2) is 45.9 Å². The molecule has 1 heterocycles. The lowest BCUT2D eigenvalue weighted by Gasteiger charge is -2.57. The fourth-order valence-electron chi connectivity index (χ4n) is 7.60. The first-order valence-electron chi connectivity index (χ1n) is 12.7. The van der Waals surface area contributed by atoms with Crippen LogP contribution in [0.25, 0.3) is 0 Å². The Morgan fingerprint density at radius 1 is 1.24 bits per heavy atom. The second kappa shape index (κ2) is 8.90. The van der Waals surface area contributed by atoms with Crippen LogP contribution in [0.5, 0.6) is 0 Å². The number of imidazole rings is 1. The van der Waals surface area contributed by atoms with Gasteiger partial charge in [-0.2, -0.15) is 0 Å². The minimum absolute atomic E-state index is 0.0554. The van der Waals surface area contributed by atoms with Crippen LogP contribution in [0.4, 0.5) is 0 Å². The van der Waals surface area contributed by atoms with Crippen molar-refractivity contribution in [3.8, 4) is 0 Å². The van der Waals surface area contributed by atoms with Crippen LogP contribution in [0.15, 0.2) is 29.3 Å².